The van der Waals surface area contributed by atoms with Gasteiger partial charge < -0.3 is 24.1 Å². The fraction of sp³-hybridized carbons (Fsp3) is 0.381. The lowest BCUT2D eigenvalue weighted by atomic mass is 10.1. The van der Waals surface area contributed by atoms with Gasteiger partial charge in [0.15, 0.2) is 28.9 Å². The van der Waals surface area contributed by atoms with Crippen molar-refractivity contribution >= 4 is 17.6 Å². The van der Waals surface area contributed by atoms with Crippen LogP contribution in [0.1, 0.15) is 34.3 Å². The number of Topliss-reactive ketones (excluding diaryl/α,β-unsaturated/α-hetero) is 1. The number of hydrogen-bond donors (Lipinski definition) is 1. The summed E-state index contributed by atoms with van der Waals surface area (Å²) < 4.78 is 44.1. The van der Waals surface area contributed by atoms with Gasteiger partial charge in [-0.1, -0.05) is 6.92 Å². The molecule has 1 aromatic heterocycles. The Labute approximate surface area is 177 Å². The Balaban J connectivity index is 1.52. The largest absolute Gasteiger partial charge is 0.485 e. The van der Waals surface area contributed by atoms with Crippen LogP contribution in [0.2, 0.25) is 0 Å². The Kier molecular flexibility index (Phi) is 7.35. The maximum atomic E-state index is 14.2. The van der Waals surface area contributed by atoms with Crippen molar-refractivity contribution in [2.24, 2.45) is 0 Å². The highest BCUT2D eigenvalue weighted by molar-refractivity contribution is 5.96. The monoisotopic (exact) mass is 436 g/mol. The molecular formula is C21H22F2N2O6. The zero-order chi connectivity index (χ0) is 22.4. The maximum absolute atomic E-state index is 14.2. The molecular weight excluding hydrogens is 414 g/mol. The predicted octanol–water partition coefficient (Wildman–Crippen LogP) is 2.19. The molecule has 166 valence electrons. The Bertz CT molecular complexity index is 924. The first-order valence-corrected chi connectivity index (χ1v) is 9.75. The van der Waals surface area contributed by atoms with Crippen LogP contribution in [0, 0.1) is 11.6 Å². The van der Waals surface area contributed by atoms with Gasteiger partial charge in [-0.05, 0) is 24.3 Å². The van der Waals surface area contributed by atoms with Crippen LogP contribution in [-0.4, -0.2) is 61.4 Å². The zero-order valence-corrected chi connectivity index (χ0v) is 16.9. The minimum atomic E-state index is -0.985. The van der Waals surface area contributed by atoms with Gasteiger partial charge >= 0.3 is 0 Å². The number of carbonyl (C=O) groups excluding carboxylic acids is 3. The number of furan rings is 1. The van der Waals surface area contributed by atoms with Crippen LogP contribution in [0.4, 0.5) is 8.78 Å². The van der Waals surface area contributed by atoms with Gasteiger partial charge in [-0.2, -0.15) is 0 Å². The average molecular weight is 436 g/mol. The molecule has 1 fully saturated rings. The summed E-state index contributed by atoms with van der Waals surface area (Å²) >= 11 is 0. The summed E-state index contributed by atoms with van der Waals surface area (Å²) in [6, 6.07) is 4.90. The average Bonchev–Trinajstić information content (AvgIpc) is 3.31. The fourth-order valence-electron chi connectivity index (χ4n) is 3.05. The van der Waals surface area contributed by atoms with Crippen LogP contribution in [0.3, 0.4) is 0 Å². The number of nitrogens with one attached hydrogen (secondary N) is 1. The summed E-state index contributed by atoms with van der Waals surface area (Å²) in [5.74, 6) is -3.71. The van der Waals surface area contributed by atoms with Gasteiger partial charge in [-0.25, -0.2) is 8.78 Å². The van der Waals surface area contributed by atoms with Crippen molar-refractivity contribution in [3.05, 3.63) is 53.5 Å². The molecule has 1 aromatic carbocycles. The number of nitrogens with zero attached hydrogens (tertiary/aromatic N) is 1. The predicted molar refractivity (Wildman–Crippen MR) is 104 cm³/mol. The van der Waals surface area contributed by atoms with Crippen molar-refractivity contribution in [3.8, 4) is 5.75 Å². The van der Waals surface area contributed by atoms with Gasteiger partial charge in [-0.15, -0.1) is 0 Å². The van der Waals surface area contributed by atoms with Crippen molar-refractivity contribution in [1.29, 1.82) is 0 Å². The molecule has 0 radical (unpaired) electrons. The van der Waals surface area contributed by atoms with Crippen molar-refractivity contribution < 1.29 is 37.1 Å². The molecule has 3 rings (SSSR count). The highest BCUT2D eigenvalue weighted by atomic mass is 19.1. The van der Waals surface area contributed by atoms with Gasteiger partial charge in [-0.3, -0.25) is 14.4 Å². The van der Waals surface area contributed by atoms with Gasteiger partial charge in [0.25, 0.3) is 5.91 Å². The molecule has 1 unspecified atom stereocenters. The molecule has 2 heterocycles. The van der Waals surface area contributed by atoms with Crippen LogP contribution < -0.4 is 10.1 Å². The molecule has 0 bridgehead atoms. The van der Waals surface area contributed by atoms with Gasteiger partial charge in [0.2, 0.25) is 5.91 Å². The number of hydrogen-bond acceptors (Lipinski definition) is 6. The van der Waals surface area contributed by atoms with Crippen LogP contribution in [0.15, 0.2) is 34.9 Å². The van der Waals surface area contributed by atoms with Crippen molar-refractivity contribution in [2.45, 2.75) is 19.4 Å². The normalized spacial score (nSPS) is 16.1. The quantitative estimate of drug-likeness (QED) is 0.637. The van der Waals surface area contributed by atoms with Crippen molar-refractivity contribution in [3.63, 3.8) is 0 Å². The summed E-state index contributed by atoms with van der Waals surface area (Å²) in [6.45, 7) is 1.81. The third-order valence-electron chi connectivity index (χ3n) is 4.69. The molecule has 1 saturated heterocycles. The lowest BCUT2D eigenvalue weighted by Gasteiger charge is -2.33. The van der Waals surface area contributed by atoms with E-state index in [1.54, 1.807) is 13.0 Å². The van der Waals surface area contributed by atoms with Crippen LogP contribution >= 0.6 is 0 Å². The topological polar surface area (TPSA) is 98.1 Å². The first-order valence-electron chi connectivity index (χ1n) is 9.75. The fourth-order valence-corrected chi connectivity index (χ4v) is 3.05. The van der Waals surface area contributed by atoms with Crippen LogP contribution in [0.5, 0.6) is 5.75 Å². The highest BCUT2D eigenvalue weighted by Crippen LogP contribution is 2.24. The van der Waals surface area contributed by atoms with E-state index in [-0.39, 0.29) is 55.7 Å². The van der Waals surface area contributed by atoms with Crippen LogP contribution in [0.25, 0.3) is 0 Å². The molecule has 1 aliphatic rings. The molecule has 0 spiro atoms. The summed E-state index contributed by atoms with van der Waals surface area (Å²) in [5, 5.41) is 2.47. The lowest BCUT2D eigenvalue weighted by molar-refractivity contribution is -0.138. The number of rotatable bonds is 8. The van der Waals surface area contributed by atoms with Gasteiger partial charge in [0, 0.05) is 18.5 Å². The molecule has 2 amide bonds. The number of carbonyl (C=O) groups is 3. The SMILES string of the molecule is CCC(=O)c1cc(F)c(OCC2CN(C(=O)CNC(=O)c3ccco3)CCO2)c(F)c1. The lowest BCUT2D eigenvalue weighted by Crippen LogP contribution is -2.50. The van der Waals surface area contributed by atoms with E-state index < -0.39 is 29.4 Å². The maximum Gasteiger partial charge on any atom is 0.287 e. The Hall–Kier alpha value is -3.27. The standard InChI is InChI=1S/C21H22F2N2O6/c1-2-17(26)13-8-15(22)20(16(23)9-13)31-12-14-11-25(5-7-29-14)19(27)10-24-21(28)18-4-3-6-30-18/h3-4,6,8-9,14H,2,5,7,10-12H2,1H3,(H,24,28). The first kappa shape index (κ1) is 22.4. The molecule has 0 aliphatic carbocycles. The van der Waals surface area contributed by atoms with E-state index in [1.807, 2.05) is 0 Å². The summed E-state index contributed by atoms with van der Waals surface area (Å²) in [7, 11) is 0. The van der Waals surface area contributed by atoms with Gasteiger partial charge in [0.1, 0.15) is 12.7 Å². The number of amides is 2. The van der Waals surface area contributed by atoms with Gasteiger partial charge in [0.05, 0.1) is 26.0 Å². The minimum absolute atomic E-state index is 0.0628. The molecule has 0 saturated carbocycles. The first-order chi connectivity index (χ1) is 14.9. The van der Waals surface area contributed by atoms with Crippen LogP contribution in [-0.2, 0) is 9.53 Å². The second-order valence-electron chi connectivity index (χ2n) is 6.85. The Morgan fingerprint density at radius 3 is 2.65 bits per heavy atom. The molecule has 1 N–H and O–H groups in total. The Morgan fingerprint density at radius 1 is 1.26 bits per heavy atom. The van der Waals surface area contributed by atoms with Crippen molar-refractivity contribution in [1.82, 2.24) is 10.2 Å². The zero-order valence-electron chi connectivity index (χ0n) is 16.9. The second-order valence-corrected chi connectivity index (χ2v) is 6.85. The molecule has 8 nitrogen and oxygen atoms in total. The number of ether oxygens (including phenoxy) is 2. The number of benzene rings is 1. The molecule has 2 aromatic rings. The second kappa shape index (κ2) is 10.2. The number of halogens is 2. The van der Waals surface area contributed by atoms with Crippen molar-refractivity contribution in [2.75, 3.05) is 32.8 Å². The number of morpholine rings is 1. The third kappa shape index (κ3) is 5.66. The summed E-state index contributed by atoms with van der Waals surface area (Å²) in [4.78, 5) is 37.3. The van der Waals surface area contributed by atoms with E-state index in [1.165, 1.54) is 17.2 Å². The van der Waals surface area contributed by atoms with E-state index in [2.05, 4.69) is 5.32 Å². The van der Waals surface area contributed by atoms with E-state index in [9.17, 15) is 23.2 Å². The van der Waals surface area contributed by atoms with E-state index in [0.717, 1.165) is 12.1 Å². The smallest absolute Gasteiger partial charge is 0.287 e. The minimum Gasteiger partial charge on any atom is -0.485 e. The summed E-state index contributed by atoms with van der Waals surface area (Å²) in [6.07, 6.45) is 0.861. The van der Waals surface area contributed by atoms with E-state index >= 15 is 0 Å². The Morgan fingerprint density at radius 2 is 2.00 bits per heavy atom. The molecule has 31 heavy (non-hydrogen) atoms. The third-order valence-corrected chi connectivity index (χ3v) is 4.69. The highest BCUT2D eigenvalue weighted by Gasteiger charge is 2.26. The van der Waals surface area contributed by atoms with E-state index in [0.29, 0.717) is 6.54 Å². The molecule has 10 heteroatoms. The van der Waals surface area contributed by atoms with E-state index in [4.69, 9.17) is 13.9 Å². The molecule has 1 aliphatic heterocycles. The number of ketones is 1. The summed E-state index contributed by atoms with van der Waals surface area (Å²) in [5.41, 5.74) is -0.0628. The molecule has 1 atom stereocenters.